The molecule has 1 aliphatic heterocycles. The average Bonchev–Trinajstić information content (AvgIpc) is 3.42. The Morgan fingerprint density at radius 2 is 2.07 bits per heavy atom. The maximum Gasteiger partial charge on any atom is 0.213 e. The molecule has 1 aliphatic rings. The Kier molecular flexibility index (Phi) is 10.6. The van der Waals surface area contributed by atoms with Gasteiger partial charge in [-0.1, -0.05) is 6.07 Å². The lowest BCUT2D eigenvalue weighted by molar-refractivity contribution is 0.306. The van der Waals surface area contributed by atoms with E-state index < -0.39 is 10.0 Å². The van der Waals surface area contributed by atoms with E-state index in [0.717, 1.165) is 43.9 Å². The van der Waals surface area contributed by atoms with Crippen LogP contribution in [-0.4, -0.2) is 56.7 Å². The average molecular weight is 567 g/mol. The van der Waals surface area contributed by atoms with Crippen LogP contribution in [0.3, 0.4) is 0 Å². The van der Waals surface area contributed by atoms with Crippen LogP contribution in [-0.2, 0) is 22.9 Å². The van der Waals surface area contributed by atoms with Gasteiger partial charge in [0, 0.05) is 49.9 Å². The molecule has 2 aromatic rings. The van der Waals surface area contributed by atoms with Gasteiger partial charge in [-0.15, -0.1) is 35.3 Å². The third kappa shape index (κ3) is 7.86. The summed E-state index contributed by atoms with van der Waals surface area (Å²) in [5.74, 6) is 1.88. The fourth-order valence-electron chi connectivity index (χ4n) is 3.30. The second-order valence-corrected chi connectivity index (χ2v) is 10.3. The summed E-state index contributed by atoms with van der Waals surface area (Å²) in [6, 6.07) is 8.26. The lowest BCUT2D eigenvalue weighted by atomic mass is 10.1. The second-order valence-electron chi connectivity index (χ2n) is 7.03. The second kappa shape index (κ2) is 12.7. The molecule has 2 aromatic heterocycles. The topological polar surface area (TPSA) is 86.9 Å². The van der Waals surface area contributed by atoms with Crippen LogP contribution in [0, 0.1) is 0 Å². The number of halogens is 1. The maximum atomic E-state index is 12.1. The summed E-state index contributed by atoms with van der Waals surface area (Å²) < 4.78 is 31.1. The molecule has 0 aromatic carbocycles. The molecule has 0 atom stereocenters. The molecule has 0 saturated carbocycles. The van der Waals surface area contributed by atoms with Crippen molar-refractivity contribution >= 4 is 51.3 Å². The molecule has 30 heavy (non-hydrogen) atoms. The molecule has 0 spiro atoms. The number of guanidine groups is 1. The molecule has 2 N–H and O–H groups in total. The van der Waals surface area contributed by atoms with Gasteiger partial charge in [0.2, 0.25) is 10.0 Å². The first kappa shape index (κ1) is 25.2. The Hall–Kier alpha value is -1.11. The van der Waals surface area contributed by atoms with Crippen LogP contribution in [0.2, 0.25) is 0 Å². The van der Waals surface area contributed by atoms with E-state index in [4.69, 9.17) is 9.41 Å². The Morgan fingerprint density at radius 1 is 1.27 bits per heavy atom. The van der Waals surface area contributed by atoms with Gasteiger partial charge in [-0.05, 0) is 43.3 Å². The van der Waals surface area contributed by atoms with Crippen LogP contribution >= 0.6 is 35.3 Å². The summed E-state index contributed by atoms with van der Waals surface area (Å²) in [5.41, 5.74) is 0. The van der Waals surface area contributed by atoms with Crippen molar-refractivity contribution in [3.05, 3.63) is 46.5 Å². The highest BCUT2D eigenvalue weighted by Crippen LogP contribution is 2.14. The first-order valence-corrected chi connectivity index (χ1v) is 12.6. The molecular formula is C20H31IN4O3S2. The first-order chi connectivity index (χ1) is 14.1. The summed E-state index contributed by atoms with van der Waals surface area (Å²) >= 11 is 1.75. The van der Waals surface area contributed by atoms with Crippen LogP contribution in [0.25, 0.3) is 0 Å². The highest BCUT2D eigenvalue weighted by molar-refractivity contribution is 14.0. The summed E-state index contributed by atoms with van der Waals surface area (Å²) in [4.78, 5) is 6.06. The van der Waals surface area contributed by atoms with Gasteiger partial charge < -0.3 is 15.1 Å². The van der Waals surface area contributed by atoms with Crippen molar-refractivity contribution in [3.63, 3.8) is 0 Å². The molecule has 1 saturated heterocycles. The van der Waals surface area contributed by atoms with Gasteiger partial charge >= 0.3 is 0 Å². The number of furan rings is 1. The van der Waals surface area contributed by atoms with Crippen LogP contribution in [0.4, 0.5) is 0 Å². The van der Waals surface area contributed by atoms with Crippen LogP contribution in [0.5, 0.6) is 0 Å². The minimum Gasteiger partial charge on any atom is -0.469 e. The zero-order valence-electron chi connectivity index (χ0n) is 17.2. The Balaban J connectivity index is 0.00000320. The molecule has 0 unspecified atom stereocenters. The lowest BCUT2D eigenvalue weighted by Gasteiger charge is -2.32. The number of nitrogens with zero attached hydrogens (tertiary/aromatic N) is 2. The van der Waals surface area contributed by atoms with E-state index >= 15 is 0 Å². The van der Waals surface area contributed by atoms with Gasteiger partial charge in [-0.25, -0.2) is 12.7 Å². The number of hydrogen-bond acceptors (Lipinski definition) is 5. The summed E-state index contributed by atoms with van der Waals surface area (Å²) in [7, 11) is -3.10. The zero-order chi connectivity index (χ0) is 20.5. The molecule has 10 heteroatoms. The van der Waals surface area contributed by atoms with Crippen molar-refractivity contribution in [2.24, 2.45) is 4.99 Å². The Morgan fingerprint density at radius 3 is 2.70 bits per heavy atom. The van der Waals surface area contributed by atoms with Gasteiger partial charge in [-0.2, -0.15) is 0 Å². The molecule has 0 bridgehead atoms. The summed E-state index contributed by atoms with van der Waals surface area (Å²) in [6.07, 6.45) is 4.94. The fourth-order valence-corrected chi connectivity index (χ4v) is 5.13. The fraction of sp³-hybridized carbons (Fsp3) is 0.550. The summed E-state index contributed by atoms with van der Waals surface area (Å²) in [6.45, 7) is 4.24. The van der Waals surface area contributed by atoms with Crippen molar-refractivity contribution in [2.45, 2.75) is 38.6 Å². The van der Waals surface area contributed by atoms with Gasteiger partial charge in [0.15, 0.2) is 5.96 Å². The molecule has 3 heterocycles. The van der Waals surface area contributed by atoms with E-state index in [-0.39, 0.29) is 35.8 Å². The molecular weight excluding hydrogens is 535 g/mol. The minimum atomic E-state index is -3.10. The predicted octanol–water partition coefficient (Wildman–Crippen LogP) is 3.09. The van der Waals surface area contributed by atoms with Gasteiger partial charge in [0.05, 0.1) is 12.0 Å². The molecule has 168 valence electrons. The first-order valence-electron chi connectivity index (χ1n) is 10.1. The number of hydrogen-bond donors (Lipinski definition) is 2. The number of rotatable bonds is 9. The largest absolute Gasteiger partial charge is 0.469 e. The smallest absolute Gasteiger partial charge is 0.213 e. The van der Waals surface area contributed by atoms with Crippen molar-refractivity contribution in [2.75, 3.05) is 31.9 Å². The standard InChI is InChI=1S/C20H30N4O3S2.HI/c1-2-29(25,26)24-13-9-17(10-14-24)23-20(21-11-7-18-5-3-15-27-18)22-12-8-19-6-4-16-28-19;/h3-6,15-17H,2,7-14H2,1H3,(H2,21,22,23);1H. The third-order valence-corrected chi connectivity index (χ3v) is 7.82. The molecule has 1 fully saturated rings. The molecule has 3 rings (SSSR count). The molecule has 0 radical (unpaired) electrons. The molecule has 0 aliphatic carbocycles. The SMILES string of the molecule is CCS(=O)(=O)N1CCC(NC(=NCCc2cccs2)NCCc2ccco2)CC1.I. The third-order valence-electron chi connectivity index (χ3n) is 5.01. The van der Waals surface area contributed by atoms with Crippen molar-refractivity contribution in [1.82, 2.24) is 14.9 Å². The number of aliphatic imine (C=N–C) groups is 1. The Labute approximate surface area is 200 Å². The van der Waals surface area contributed by atoms with E-state index in [9.17, 15) is 8.42 Å². The normalized spacial score (nSPS) is 16.2. The number of piperidine rings is 1. The number of thiophene rings is 1. The van der Waals surface area contributed by atoms with Crippen molar-refractivity contribution < 1.29 is 12.8 Å². The lowest BCUT2D eigenvalue weighted by Crippen LogP contribution is -2.50. The quantitative estimate of drug-likeness (QED) is 0.277. The Bertz CT molecular complexity index is 847. The predicted molar refractivity (Wildman–Crippen MR) is 133 cm³/mol. The highest BCUT2D eigenvalue weighted by atomic mass is 127. The van der Waals surface area contributed by atoms with Crippen LogP contribution < -0.4 is 10.6 Å². The molecule has 0 amide bonds. The minimum absolute atomic E-state index is 0. The van der Waals surface area contributed by atoms with E-state index in [2.05, 4.69) is 28.1 Å². The van der Waals surface area contributed by atoms with Crippen molar-refractivity contribution in [1.29, 1.82) is 0 Å². The van der Waals surface area contributed by atoms with Gasteiger partial charge in [0.25, 0.3) is 0 Å². The van der Waals surface area contributed by atoms with E-state index in [0.29, 0.717) is 19.6 Å². The number of nitrogens with one attached hydrogen (secondary N) is 2. The molecule has 7 nitrogen and oxygen atoms in total. The highest BCUT2D eigenvalue weighted by Gasteiger charge is 2.27. The monoisotopic (exact) mass is 566 g/mol. The van der Waals surface area contributed by atoms with E-state index in [1.807, 2.05) is 12.1 Å². The summed E-state index contributed by atoms with van der Waals surface area (Å²) in [5, 5.41) is 8.97. The van der Waals surface area contributed by atoms with E-state index in [1.54, 1.807) is 28.8 Å². The maximum absolute atomic E-state index is 12.1. The van der Waals surface area contributed by atoms with Gasteiger partial charge in [0.1, 0.15) is 5.76 Å². The zero-order valence-corrected chi connectivity index (χ0v) is 21.2. The van der Waals surface area contributed by atoms with Crippen molar-refractivity contribution in [3.8, 4) is 0 Å². The van der Waals surface area contributed by atoms with Gasteiger partial charge in [-0.3, -0.25) is 4.99 Å². The van der Waals surface area contributed by atoms with Crippen LogP contribution in [0.15, 0.2) is 45.3 Å². The number of sulfonamides is 1. The van der Waals surface area contributed by atoms with Crippen LogP contribution in [0.1, 0.15) is 30.4 Å². The van der Waals surface area contributed by atoms with E-state index in [1.165, 1.54) is 4.88 Å².